The molecule has 0 fully saturated rings. The van der Waals surface area contributed by atoms with Crippen LogP contribution in [0.2, 0.25) is 0 Å². The first-order valence-electron chi connectivity index (χ1n) is 8.03. The van der Waals surface area contributed by atoms with Crippen LogP contribution in [0.4, 0.5) is 5.69 Å². The van der Waals surface area contributed by atoms with E-state index in [1.165, 1.54) is 0 Å². The van der Waals surface area contributed by atoms with Crippen molar-refractivity contribution in [3.8, 4) is 5.75 Å². The minimum atomic E-state index is 0.395. The molecule has 120 valence electrons. The van der Waals surface area contributed by atoms with Crippen LogP contribution >= 0.6 is 0 Å². The summed E-state index contributed by atoms with van der Waals surface area (Å²) >= 11 is 0. The van der Waals surface area contributed by atoms with Crippen LogP contribution in [-0.2, 0) is 0 Å². The molecule has 1 aromatic carbocycles. The molecule has 0 radical (unpaired) electrons. The van der Waals surface area contributed by atoms with E-state index in [0.29, 0.717) is 12.1 Å². The third kappa shape index (κ3) is 4.60. The van der Waals surface area contributed by atoms with Crippen molar-refractivity contribution in [2.24, 2.45) is 0 Å². The highest BCUT2D eigenvalue weighted by Crippen LogP contribution is 2.28. The molecule has 0 unspecified atom stereocenters. The topological polar surface area (TPSA) is 46.2 Å². The fraction of sp³-hybridized carbons (Fsp3) is 0.500. The molecule has 0 saturated carbocycles. The molecule has 0 aliphatic rings. The Bertz CT molecular complexity index is 598. The fourth-order valence-corrected chi connectivity index (χ4v) is 2.53. The number of methoxy groups -OCH3 is 1. The summed E-state index contributed by atoms with van der Waals surface area (Å²) in [6, 6.07) is 9.00. The van der Waals surface area contributed by atoms with E-state index in [-0.39, 0.29) is 0 Å². The zero-order valence-electron chi connectivity index (χ0n) is 14.0. The molecule has 0 bridgehead atoms. The molecule has 2 aromatic rings. The smallest absolute Gasteiger partial charge is 0.121 e. The standard InChI is InChI=1S/C18H27N3O/c1-13(2)19-9-5-7-14(3)21-17-12-16(22-4)11-15-8-6-10-20-18(15)17/h6,8,10-14,19,21H,5,7,9H2,1-4H3/t14-/m1/s1. The van der Waals surface area contributed by atoms with Crippen molar-refractivity contribution in [3.05, 3.63) is 30.5 Å². The van der Waals surface area contributed by atoms with Crippen LogP contribution in [-0.4, -0.2) is 30.7 Å². The normalized spacial score (nSPS) is 12.6. The van der Waals surface area contributed by atoms with Crippen molar-refractivity contribution in [2.75, 3.05) is 19.0 Å². The average molecular weight is 301 g/mol. The highest BCUT2D eigenvalue weighted by atomic mass is 16.5. The van der Waals surface area contributed by atoms with Crippen LogP contribution in [0, 0.1) is 0 Å². The molecule has 1 aromatic heterocycles. The summed E-state index contributed by atoms with van der Waals surface area (Å²) in [6.45, 7) is 7.62. The van der Waals surface area contributed by atoms with Crippen LogP contribution in [0.5, 0.6) is 5.75 Å². The van der Waals surface area contributed by atoms with Gasteiger partial charge in [0.2, 0.25) is 0 Å². The Labute approximate surface area is 133 Å². The molecular weight excluding hydrogens is 274 g/mol. The molecule has 0 amide bonds. The third-order valence-electron chi connectivity index (χ3n) is 3.68. The lowest BCUT2D eigenvalue weighted by molar-refractivity contribution is 0.415. The molecule has 1 atom stereocenters. The number of ether oxygens (including phenoxy) is 1. The maximum absolute atomic E-state index is 5.39. The number of nitrogens with one attached hydrogen (secondary N) is 2. The molecule has 0 aliphatic heterocycles. The maximum atomic E-state index is 5.39. The zero-order chi connectivity index (χ0) is 15.9. The van der Waals surface area contributed by atoms with E-state index in [1.54, 1.807) is 7.11 Å². The highest BCUT2D eigenvalue weighted by Gasteiger charge is 2.09. The number of benzene rings is 1. The molecule has 0 spiro atoms. The first-order valence-corrected chi connectivity index (χ1v) is 8.03. The summed E-state index contributed by atoms with van der Waals surface area (Å²) in [5, 5.41) is 8.13. The van der Waals surface area contributed by atoms with Gasteiger partial charge in [-0.15, -0.1) is 0 Å². The number of rotatable bonds is 8. The van der Waals surface area contributed by atoms with Crippen LogP contribution in [0.15, 0.2) is 30.5 Å². The summed E-state index contributed by atoms with van der Waals surface area (Å²) in [5.41, 5.74) is 2.04. The molecule has 0 saturated heterocycles. The lowest BCUT2D eigenvalue weighted by Gasteiger charge is -2.18. The van der Waals surface area contributed by atoms with Crippen molar-refractivity contribution < 1.29 is 4.74 Å². The number of nitrogens with zero attached hydrogens (tertiary/aromatic N) is 1. The van der Waals surface area contributed by atoms with Crippen molar-refractivity contribution in [1.29, 1.82) is 0 Å². The second-order valence-corrected chi connectivity index (χ2v) is 6.05. The fourth-order valence-electron chi connectivity index (χ4n) is 2.53. The Balaban J connectivity index is 2.03. The van der Waals surface area contributed by atoms with Gasteiger partial charge in [-0.05, 0) is 38.4 Å². The van der Waals surface area contributed by atoms with Crippen molar-refractivity contribution >= 4 is 16.6 Å². The zero-order valence-corrected chi connectivity index (χ0v) is 14.0. The van der Waals surface area contributed by atoms with Gasteiger partial charge in [0.25, 0.3) is 0 Å². The van der Waals surface area contributed by atoms with Crippen molar-refractivity contribution in [1.82, 2.24) is 10.3 Å². The van der Waals surface area contributed by atoms with E-state index in [1.807, 2.05) is 24.4 Å². The van der Waals surface area contributed by atoms with Crippen molar-refractivity contribution in [3.63, 3.8) is 0 Å². The van der Waals surface area contributed by atoms with E-state index in [4.69, 9.17) is 4.74 Å². The first kappa shape index (κ1) is 16.6. The van der Waals surface area contributed by atoms with Gasteiger partial charge in [0.05, 0.1) is 18.3 Å². The van der Waals surface area contributed by atoms with Gasteiger partial charge >= 0.3 is 0 Å². The van der Waals surface area contributed by atoms with Gasteiger partial charge in [0.15, 0.2) is 0 Å². The second-order valence-electron chi connectivity index (χ2n) is 6.05. The van der Waals surface area contributed by atoms with Crippen LogP contribution in [0.1, 0.15) is 33.6 Å². The van der Waals surface area contributed by atoms with Gasteiger partial charge in [-0.25, -0.2) is 0 Å². The molecule has 0 aliphatic carbocycles. The maximum Gasteiger partial charge on any atom is 0.121 e. The van der Waals surface area contributed by atoms with Crippen LogP contribution in [0.25, 0.3) is 10.9 Å². The largest absolute Gasteiger partial charge is 0.497 e. The molecule has 4 heteroatoms. The average Bonchev–Trinajstić information content (AvgIpc) is 2.51. The monoisotopic (exact) mass is 301 g/mol. The lowest BCUT2D eigenvalue weighted by Crippen LogP contribution is -2.25. The Hall–Kier alpha value is -1.81. The summed E-state index contributed by atoms with van der Waals surface area (Å²) in [7, 11) is 1.70. The number of anilines is 1. The Morgan fingerprint density at radius 3 is 2.77 bits per heavy atom. The van der Waals surface area contributed by atoms with Crippen LogP contribution < -0.4 is 15.4 Å². The van der Waals surface area contributed by atoms with Gasteiger partial charge in [-0.1, -0.05) is 19.9 Å². The molecule has 2 N–H and O–H groups in total. The van der Waals surface area contributed by atoms with Gasteiger partial charge in [-0.2, -0.15) is 0 Å². The number of hydrogen-bond donors (Lipinski definition) is 2. The van der Waals surface area contributed by atoms with Gasteiger partial charge < -0.3 is 15.4 Å². The number of hydrogen-bond acceptors (Lipinski definition) is 4. The summed E-state index contributed by atoms with van der Waals surface area (Å²) < 4.78 is 5.39. The van der Waals surface area contributed by atoms with Crippen LogP contribution in [0.3, 0.4) is 0 Å². The van der Waals surface area contributed by atoms with E-state index in [9.17, 15) is 0 Å². The number of pyridine rings is 1. The van der Waals surface area contributed by atoms with E-state index in [0.717, 1.165) is 41.7 Å². The van der Waals surface area contributed by atoms with E-state index in [2.05, 4.69) is 42.5 Å². The second kappa shape index (κ2) is 7.99. The van der Waals surface area contributed by atoms with Gasteiger partial charge in [-0.3, -0.25) is 4.98 Å². The lowest BCUT2D eigenvalue weighted by atomic mass is 10.1. The summed E-state index contributed by atoms with van der Waals surface area (Å²) in [6.07, 6.45) is 4.10. The molecule has 2 rings (SSSR count). The molecule has 22 heavy (non-hydrogen) atoms. The minimum Gasteiger partial charge on any atom is -0.497 e. The van der Waals surface area contributed by atoms with Gasteiger partial charge in [0.1, 0.15) is 5.75 Å². The SMILES string of the molecule is COc1cc(N[C@H](C)CCCNC(C)C)c2ncccc2c1. The molecule has 1 heterocycles. The summed E-state index contributed by atoms with van der Waals surface area (Å²) in [5.74, 6) is 0.858. The van der Waals surface area contributed by atoms with Crippen molar-refractivity contribution in [2.45, 2.75) is 45.7 Å². The number of aromatic nitrogens is 1. The van der Waals surface area contributed by atoms with Gasteiger partial charge in [0, 0.05) is 29.7 Å². The van der Waals surface area contributed by atoms with E-state index >= 15 is 0 Å². The third-order valence-corrected chi connectivity index (χ3v) is 3.68. The highest BCUT2D eigenvalue weighted by molar-refractivity contribution is 5.91. The molecular formula is C18H27N3O. The first-order chi connectivity index (χ1) is 10.6. The number of fused-ring (bicyclic) bond motifs is 1. The summed E-state index contributed by atoms with van der Waals surface area (Å²) in [4.78, 5) is 4.50. The quantitative estimate of drug-likeness (QED) is 0.728. The predicted molar refractivity (Wildman–Crippen MR) is 93.8 cm³/mol. The Morgan fingerprint density at radius 1 is 1.23 bits per heavy atom. The Morgan fingerprint density at radius 2 is 2.05 bits per heavy atom. The minimum absolute atomic E-state index is 0.395. The molecule has 4 nitrogen and oxygen atoms in total. The predicted octanol–water partition coefficient (Wildman–Crippen LogP) is 3.82. The van der Waals surface area contributed by atoms with E-state index < -0.39 is 0 Å². The Kier molecular flexibility index (Phi) is 6.01.